The van der Waals surface area contributed by atoms with Crippen molar-refractivity contribution in [3.63, 3.8) is 0 Å². The molecule has 30 heavy (non-hydrogen) atoms. The van der Waals surface area contributed by atoms with Crippen molar-refractivity contribution in [3.8, 4) is 17.6 Å². The van der Waals surface area contributed by atoms with Gasteiger partial charge >= 0.3 is 5.97 Å². The van der Waals surface area contributed by atoms with Gasteiger partial charge in [-0.1, -0.05) is 67.4 Å². The van der Waals surface area contributed by atoms with Crippen LogP contribution in [0, 0.1) is 23.2 Å². The first kappa shape index (κ1) is 24.1. The molecule has 2 rings (SSSR count). The monoisotopic (exact) mass is 463 g/mol. The van der Waals surface area contributed by atoms with Crippen molar-refractivity contribution in [2.75, 3.05) is 6.26 Å². The maximum Gasteiger partial charge on any atom is 0.312 e. The summed E-state index contributed by atoms with van der Waals surface area (Å²) in [6.45, 7) is 3.83. The molecule has 0 heterocycles. The summed E-state index contributed by atoms with van der Waals surface area (Å²) in [4.78, 5) is 13.0. The van der Waals surface area contributed by atoms with E-state index in [9.17, 15) is 10.1 Å². The summed E-state index contributed by atoms with van der Waals surface area (Å²) in [7, 11) is 0. The number of benzene rings is 2. The highest BCUT2D eigenvalue weighted by atomic mass is 35.5. The van der Waals surface area contributed by atoms with E-state index in [4.69, 9.17) is 32.7 Å². The van der Waals surface area contributed by atoms with Crippen LogP contribution in [-0.4, -0.2) is 17.5 Å². The van der Waals surface area contributed by atoms with Gasteiger partial charge in [0.25, 0.3) is 0 Å². The van der Waals surface area contributed by atoms with E-state index in [0.29, 0.717) is 17.1 Å². The molecule has 0 saturated heterocycles. The molecule has 7 heteroatoms. The third-order valence-electron chi connectivity index (χ3n) is 4.40. The second-order valence-corrected chi connectivity index (χ2v) is 8.88. The molecule has 0 radical (unpaired) electrons. The summed E-state index contributed by atoms with van der Waals surface area (Å²) < 4.78 is 11.5. The number of halogens is 2. The number of para-hydroxylation sites is 1. The minimum absolute atomic E-state index is 0.0361. The maximum atomic E-state index is 13.0. The molecule has 2 aromatic carbocycles. The van der Waals surface area contributed by atoms with Gasteiger partial charge in [0.15, 0.2) is 0 Å². The molecule has 0 aliphatic heterocycles. The van der Waals surface area contributed by atoms with Crippen LogP contribution in [0.1, 0.15) is 25.5 Å². The lowest BCUT2D eigenvalue weighted by Gasteiger charge is -2.26. The highest BCUT2D eigenvalue weighted by molar-refractivity contribution is 7.99. The Kier molecular flexibility index (Phi) is 9.58. The minimum atomic E-state index is -1.06. The van der Waals surface area contributed by atoms with Gasteiger partial charge < -0.3 is 9.47 Å². The summed E-state index contributed by atoms with van der Waals surface area (Å²) in [5.41, 5.74) is 0.536. The fraction of sp³-hybridized carbons (Fsp3) is 0.304. The number of hydrogen-bond acceptors (Lipinski definition) is 5. The van der Waals surface area contributed by atoms with E-state index in [1.807, 2.05) is 50.4 Å². The molecule has 0 spiro atoms. The normalized spacial score (nSPS) is 13.6. The standard InChI is InChI=1S/C23H23Cl2NO3S/c1-15(2)22(20(30-3)13-21(24)25)23(27)29-19(14-26)16-8-7-11-18(12-16)28-17-9-5-4-6-10-17/h4-13,15,19-20,22H,1-3H3. The zero-order chi connectivity index (χ0) is 22.1. The molecule has 4 nitrogen and oxygen atoms in total. The zero-order valence-corrected chi connectivity index (χ0v) is 19.2. The molecule has 3 atom stereocenters. The SMILES string of the molecule is CSC(C=C(Cl)Cl)C(C(=O)OC(C#N)c1cccc(Oc2ccccc2)c1)C(C)C. The average molecular weight is 464 g/mol. The Bertz CT molecular complexity index is 908. The topological polar surface area (TPSA) is 59.3 Å². The van der Waals surface area contributed by atoms with Crippen LogP contribution in [0.5, 0.6) is 11.5 Å². The van der Waals surface area contributed by atoms with Crippen LogP contribution in [0.15, 0.2) is 65.2 Å². The van der Waals surface area contributed by atoms with Gasteiger partial charge in [0.1, 0.15) is 22.1 Å². The van der Waals surface area contributed by atoms with E-state index in [0.717, 1.165) is 0 Å². The molecule has 0 amide bonds. The molecule has 0 saturated carbocycles. The smallest absolute Gasteiger partial charge is 0.312 e. The molecule has 0 bridgehead atoms. The molecule has 0 aliphatic carbocycles. The van der Waals surface area contributed by atoms with Gasteiger partial charge in [-0.2, -0.15) is 17.0 Å². The lowest BCUT2D eigenvalue weighted by molar-refractivity contribution is -0.153. The van der Waals surface area contributed by atoms with Crippen LogP contribution < -0.4 is 4.74 Å². The van der Waals surface area contributed by atoms with Crippen molar-refractivity contribution in [2.24, 2.45) is 11.8 Å². The zero-order valence-electron chi connectivity index (χ0n) is 16.9. The molecular formula is C23H23Cl2NO3S. The Morgan fingerprint density at radius 3 is 2.33 bits per heavy atom. The number of rotatable bonds is 9. The predicted octanol–water partition coefficient (Wildman–Crippen LogP) is 6.91. The number of thioether (sulfide) groups is 1. The Hall–Kier alpha value is -2.13. The van der Waals surface area contributed by atoms with E-state index in [2.05, 4.69) is 6.07 Å². The van der Waals surface area contributed by atoms with Gasteiger partial charge in [-0.05, 0) is 42.5 Å². The Morgan fingerprint density at radius 2 is 1.77 bits per heavy atom. The van der Waals surface area contributed by atoms with Crippen molar-refractivity contribution in [1.29, 1.82) is 5.26 Å². The predicted molar refractivity (Wildman–Crippen MR) is 123 cm³/mol. The summed E-state index contributed by atoms with van der Waals surface area (Å²) >= 11 is 13.1. The molecule has 0 N–H and O–H groups in total. The number of carbonyl (C=O) groups excluding carboxylic acids is 1. The van der Waals surface area contributed by atoms with Gasteiger partial charge in [0.05, 0.1) is 5.92 Å². The summed E-state index contributed by atoms with van der Waals surface area (Å²) in [5.74, 6) is 0.205. The number of carbonyl (C=O) groups is 1. The Morgan fingerprint density at radius 1 is 1.10 bits per heavy atom. The van der Waals surface area contributed by atoms with Crippen LogP contribution >= 0.6 is 35.0 Å². The summed E-state index contributed by atoms with van der Waals surface area (Å²) in [5, 5.41) is 9.37. The third kappa shape index (κ3) is 6.98. The second kappa shape index (κ2) is 11.9. The van der Waals surface area contributed by atoms with Crippen molar-refractivity contribution in [2.45, 2.75) is 25.2 Å². The van der Waals surface area contributed by atoms with Crippen LogP contribution in [0.2, 0.25) is 0 Å². The fourth-order valence-corrected chi connectivity index (χ4v) is 4.37. The number of ether oxygens (including phenoxy) is 2. The fourth-order valence-electron chi connectivity index (χ4n) is 2.96. The highest BCUT2D eigenvalue weighted by Gasteiger charge is 2.33. The molecule has 2 aromatic rings. The van der Waals surface area contributed by atoms with Crippen LogP contribution in [0.3, 0.4) is 0 Å². The molecule has 0 aliphatic rings. The van der Waals surface area contributed by atoms with Crippen molar-refractivity contribution >= 4 is 40.9 Å². The molecule has 0 fully saturated rings. The third-order valence-corrected chi connectivity index (χ3v) is 5.62. The largest absolute Gasteiger partial charge is 0.457 e. The van der Waals surface area contributed by atoms with Crippen molar-refractivity contribution in [3.05, 3.63) is 70.7 Å². The second-order valence-electron chi connectivity index (χ2n) is 6.86. The lowest BCUT2D eigenvalue weighted by Crippen LogP contribution is -2.32. The first-order valence-electron chi connectivity index (χ1n) is 9.34. The van der Waals surface area contributed by atoms with Gasteiger partial charge in [0, 0.05) is 10.8 Å². The van der Waals surface area contributed by atoms with Crippen LogP contribution in [-0.2, 0) is 9.53 Å². The van der Waals surface area contributed by atoms with Gasteiger partial charge in [-0.15, -0.1) is 0 Å². The van der Waals surface area contributed by atoms with E-state index in [1.165, 1.54) is 11.8 Å². The van der Waals surface area contributed by atoms with Crippen LogP contribution in [0.4, 0.5) is 0 Å². The summed E-state index contributed by atoms with van der Waals surface area (Å²) in [6.07, 6.45) is 2.43. The molecule has 158 valence electrons. The van der Waals surface area contributed by atoms with Crippen molar-refractivity contribution in [1.82, 2.24) is 0 Å². The number of esters is 1. The van der Waals surface area contributed by atoms with E-state index >= 15 is 0 Å². The van der Waals surface area contributed by atoms with E-state index < -0.39 is 18.0 Å². The average Bonchev–Trinajstić information content (AvgIpc) is 2.71. The van der Waals surface area contributed by atoms with Gasteiger partial charge in [0.2, 0.25) is 6.10 Å². The Labute approximate surface area is 191 Å². The van der Waals surface area contributed by atoms with Crippen molar-refractivity contribution < 1.29 is 14.3 Å². The first-order chi connectivity index (χ1) is 14.3. The van der Waals surface area contributed by atoms with Gasteiger partial charge in [-0.25, -0.2) is 0 Å². The van der Waals surface area contributed by atoms with Crippen LogP contribution in [0.25, 0.3) is 0 Å². The number of hydrogen-bond donors (Lipinski definition) is 0. The summed E-state index contributed by atoms with van der Waals surface area (Å²) in [6, 6.07) is 18.3. The van der Waals surface area contributed by atoms with E-state index in [-0.39, 0.29) is 15.7 Å². The van der Waals surface area contributed by atoms with Gasteiger partial charge in [-0.3, -0.25) is 4.79 Å². The first-order valence-corrected chi connectivity index (χ1v) is 11.4. The number of nitriles is 1. The lowest BCUT2D eigenvalue weighted by atomic mass is 9.92. The molecule has 0 aromatic heterocycles. The number of nitrogens with zero attached hydrogens (tertiary/aromatic N) is 1. The molecular weight excluding hydrogens is 441 g/mol. The Balaban J connectivity index is 2.21. The highest BCUT2D eigenvalue weighted by Crippen LogP contribution is 2.32. The maximum absolute atomic E-state index is 13.0. The quantitative estimate of drug-likeness (QED) is 0.378. The molecule has 3 unspecified atom stereocenters. The van der Waals surface area contributed by atoms with E-state index in [1.54, 1.807) is 30.3 Å². The minimum Gasteiger partial charge on any atom is -0.457 e.